The van der Waals surface area contributed by atoms with Crippen LogP contribution >= 0.6 is 0 Å². The highest BCUT2D eigenvalue weighted by molar-refractivity contribution is 6.10. The quantitative estimate of drug-likeness (QED) is 0.172. The minimum atomic E-state index is 0.187. The van der Waals surface area contributed by atoms with Crippen molar-refractivity contribution in [3.8, 4) is 39.1 Å². The molecule has 69 heavy (non-hydrogen) atoms. The summed E-state index contributed by atoms with van der Waals surface area (Å²) < 4.78 is 2.39. The first-order valence-electron chi connectivity index (χ1n) is 25.6. The van der Waals surface area contributed by atoms with Crippen LogP contribution in [-0.2, 0) is 0 Å². The number of nitrogens with zero attached hydrogens (tertiary/aromatic N) is 2. The van der Waals surface area contributed by atoms with E-state index in [4.69, 9.17) is 0 Å². The molecule has 3 heteroatoms. The number of rotatable bonds is 7. The lowest BCUT2D eigenvalue weighted by molar-refractivity contribution is 0.640. The third kappa shape index (κ3) is 13.2. The molecule has 0 spiro atoms. The van der Waals surface area contributed by atoms with Crippen LogP contribution in [0.15, 0.2) is 218 Å². The number of aromatic nitrogens is 1. The van der Waals surface area contributed by atoms with Gasteiger partial charge in [-0.05, 0) is 114 Å². The lowest BCUT2D eigenvalue weighted by Gasteiger charge is -2.38. The van der Waals surface area contributed by atoms with E-state index in [0.29, 0.717) is 5.92 Å². The molecule has 0 saturated heterocycles. The number of hydrogen-bond donors (Lipinski definition) is 1. The van der Waals surface area contributed by atoms with E-state index in [1.54, 1.807) is 0 Å². The van der Waals surface area contributed by atoms with E-state index in [2.05, 4.69) is 248 Å². The highest BCUT2D eigenvalue weighted by Gasteiger charge is 2.29. The maximum absolute atomic E-state index is 2.75. The second-order valence-electron chi connectivity index (χ2n) is 15.8. The van der Waals surface area contributed by atoms with Crippen molar-refractivity contribution >= 4 is 33.2 Å². The van der Waals surface area contributed by atoms with Crippen LogP contribution in [0.4, 0.5) is 11.4 Å². The maximum atomic E-state index is 2.75. The van der Waals surface area contributed by atoms with Gasteiger partial charge in [0.1, 0.15) is 0 Å². The first-order valence-corrected chi connectivity index (χ1v) is 25.6. The number of hydrogen-bond acceptors (Lipinski definition) is 2. The van der Waals surface area contributed by atoms with Crippen molar-refractivity contribution in [2.75, 3.05) is 19.0 Å². The van der Waals surface area contributed by atoms with Crippen molar-refractivity contribution in [2.24, 2.45) is 5.92 Å². The molecule has 2 unspecified atom stereocenters. The maximum Gasteiger partial charge on any atom is 0.0628 e. The molecule has 1 N–H and O–H groups in total. The number of anilines is 2. The van der Waals surface area contributed by atoms with E-state index in [-0.39, 0.29) is 6.04 Å². The molecule has 2 atom stereocenters. The van der Waals surface area contributed by atoms with E-state index in [0.717, 1.165) is 0 Å². The van der Waals surface area contributed by atoms with Gasteiger partial charge in [0.15, 0.2) is 0 Å². The Labute approximate surface area is 417 Å². The summed E-state index contributed by atoms with van der Waals surface area (Å²) in [5, 5.41) is 5.29. The molecule has 0 aliphatic heterocycles. The molecule has 1 heterocycles. The summed E-state index contributed by atoms with van der Waals surface area (Å²) in [6.45, 7) is 22.5. The molecule has 7 aromatic carbocycles. The summed E-state index contributed by atoms with van der Waals surface area (Å²) in [7, 11) is 3.75. The average molecular weight is 914 g/mol. The standard InChI is InChI=1S/C53H40N2.C3H8.C2H7N.4C2H6/c1-37-35-42(43-30-34-50-49-20-10-11-21-52(49)55(53(50)36-43)45-17-6-3-7-18-45)29-33-47(37)41-25-23-38(24-26-41)39-27-31-46(32-28-39)54(44-15-4-2-5-16-44)51-22-12-14-40-13-8-9-19-48(40)51;2*1-3-2;4*1-2/h2-36,48,51H,1H3;3H2,1-2H3;3H,1-2H3;4*1-2H3. The number of benzene rings is 7. The summed E-state index contributed by atoms with van der Waals surface area (Å²) >= 11 is 0. The lowest BCUT2D eigenvalue weighted by Crippen LogP contribution is -2.37. The van der Waals surface area contributed by atoms with Gasteiger partial charge in [0.2, 0.25) is 0 Å². The molecular weight excluding hydrogens is 835 g/mol. The zero-order valence-corrected chi connectivity index (χ0v) is 44.0. The predicted octanol–water partition coefficient (Wildman–Crippen LogP) is 19.2. The molecule has 0 fully saturated rings. The molecule has 0 saturated carbocycles. The first-order chi connectivity index (χ1) is 34.0. The summed E-state index contributed by atoms with van der Waals surface area (Å²) in [6.07, 6.45) is 16.9. The van der Waals surface area contributed by atoms with Crippen molar-refractivity contribution in [1.82, 2.24) is 9.88 Å². The van der Waals surface area contributed by atoms with Gasteiger partial charge in [-0.25, -0.2) is 0 Å². The second kappa shape index (κ2) is 29.1. The Morgan fingerprint density at radius 3 is 1.59 bits per heavy atom. The van der Waals surface area contributed by atoms with Gasteiger partial charge in [-0.15, -0.1) is 0 Å². The summed E-state index contributed by atoms with van der Waals surface area (Å²) in [6, 6.07) is 62.2. The Kier molecular flexibility index (Phi) is 23.0. The molecule has 0 bridgehead atoms. The third-order valence-electron chi connectivity index (χ3n) is 11.3. The second-order valence-corrected chi connectivity index (χ2v) is 15.8. The minimum Gasteiger partial charge on any atom is -0.334 e. The van der Waals surface area contributed by atoms with Gasteiger partial charge < -0.3 is 14.8 Å². The first kappa shape index (κ1) is 54.7. The van der Waals surface area contributed by atoms with Gasteiger partial charge in [-0.1, -0.05) is 240 Å². The van der Waals surface area contributed by atoms with Gasteiger partial charge in [0.25, 0.3) is 0 Å². The van der Waals surface area contributed by atoms with Crippen LogP contribution < -0.4 is 10.2 Å². The molecule has 2 aliphatic carbocycles. The molecule has 3 nitrogen and oxygen atoms in total. The number of nitrogens with one attached hydrogen (secondary N) is 1. The number of fused-ring (bicyclic) bond motifs is 4. The fourth-order valence-corrected chi connectivity index (χ4v) is 8.61. The Bertz CT molecular complexity index is 2840. The van der Waals surface area contributed by atoms with Gasteiger partial charge in [0.05, 0.1) is 17.1 Å². The van der Waals surface area contributed by atoms with Crippen LogP contribution in [0.3, 0.4) is 0 Å². The molecule has 358 valence electrons. The summed E-state index contributed by atoms with van der Waals surface area (Å²) in [5.74, 6) is 0.302. The zero-order valence-electron chi connectivity index (χ0n) is 44.0. The number of para-hydroxylation sites is 3. The normalized spacial score (nSPS) is 13.6. The van der Waals surface area contributed by atoms with Gasteiger partial charge >= 0.3 is 0 Å². The van der Waals surface area contributed by atoms with Crippen molar-refractivity contribution < 1.29 is 0 Å². The number of aryl methyl sites for hydroxylation is 1. The highest BCUT2D eigenvalue weighted by Crippen LogP contribution is 2.39. The Hall–Kier alpha value is -6.94. The Balaban J connectivity index is 0.000000676. The summed E-state index contributed by atoms with van der Waals surface area (Å²) in [4.78, 5) is 2.47. The molecule has 2 aliphatic rings. The molecule has 1 aromatic heterocycles. The topological polar surface area (TPSA) is 20.2 Å². The molecule has 0 radical (unpaired) electrons. The SMILES string of the molecule is CC.CC.CC.CC.CCC.CNC.Cc1cc(-c2ccc3c4ccccc4n(-c4ccccc4)c3c2)ccc1-c1ccc(-c2ccc(N(c3ccccc3)C3C=CC=C4C=CC=CC43)cc2)cc1. The molecule has 8 aromatic rings. The van der Waals surface area contributed by atoms with Gasteiger partial charge in [-0.2, -0.15) is 0 Å². The van der Waals surface area contributed by atoms with E-state index in [1.165, 1.54) is 89.8 Å². The van der Waals surface area contributed by atoms with Crippen LogP contribution in [0.2, 0.25) is 0 Å². The van der Waals surface area contributed by atoms with E-state index in [9.17, 15) is 0 Å². The smallest absolute Gasteiger partial charge is 0.0628 e. The summed E-state index contributed by atoms with van der Waals surface area (Å²) in [5.41, 5.74) is 15.9. The van der Waals surface area contributed by atoms with Crippen molar-refractivity contribution in [2.45, 2.75) is 88.6 Å². The van der Waals surface area contributed by atoms with E-state index >= 15 is 0 Å². The Morgan fingerprint density at radius 1 is 0.478 bits per heavy atom. The average Bonchev–Trinajstić information content (AvgIpc) is 3.76. The van der Waals surface area contributed by atoms with Crippen LogP contribution in [0.1, 0.15) is 81.2 Å². The van der Waals surface area contributed by atoms with Crippen LogP contribution in [-0.4, -0.2) is 24.7 Å². The van der Waals surface area contributed by atoms with Gasteiger partial charge in [-0.3, -0.25) is 0 Å². The molecular formula is C66H79N3. The fraction of sp³-hybridized carbons (Fsp3) is 0.242. The fourth-order valence-electron chi connectivity index (χ4n) is 8.61. The molecule has 0 amide bonds. The highest BCUT2D eigenvalue weighted by atomic mass is 15.2. The third-order valence-corrected chi connectivity index (χ3v) is 11.3. The molecule has 10 rings (SSSR count). The monoisotopic (exact) mass is 914 g/mol. The lowest BCUT2D eigenvalue weighted by atomic mass is 9.83. The largest absolute Gasteiger partial charge is 0.334 e. The van der Waals surface area contributed by atoms with Crippen molar-refractivity contribution in [3.05, 3.63) is 224 Å². The Morgan fingerprint density at radius 2 is 0.971 bits per heavy atom. The van der Waals surface area contributed by atoms with Crippen molar-refractivity contribution in [3.63, 3.8) is 0 Å². The van der Waals surface area contributed by atoms with Crippen LogP contribution in [0.25, 0.3) is 60.9 Å². The van der Waals surface area contributed by atoms with Crippen LogP contribution in [0, 0.1) is 12.8 Å². The predicted molar refractivity (Wildman–Crippen MR) is 310 cm³/mol. The van der Waals surface area contributed by atoms with E-state index < -0.39 is 0 Å². The zero-order chi connectivity index (χ0) is 50.1. The number of allylic oxidation sites excluding steroid dienone is 5. The van der Waals surface area contributed by atoms with E-state index in [1.807, 2.05) is 69.5 Å². The minimum absolute atomic E-state index is 0.187. The van der Waals surface area contributed by atoms with Gasteiger partial charge in [0, 0.05) is 33.8 Å². The van der Waals surface area contributed by atoms with Crippen molar-refractivity contribution in [1.29, 1.82) is 0 Å². The van der Waals surface area contributed by atoms with Crippen LogP contribution in [0.5, 0.6) is 0 Å².